The van der Waals surface area contributed by atoms with Gasteiger partial charge in [0.15, 0.2) is 0 Å². The van der Waals surface area contributed by atoms with Crippen molar-refractivity contribution in [2.24, 2.45) is 0 Å². The van der Waals surface area contributed by atoms with Crippen LogP contribution in [0.3, 0.4) is 0 Å². The molecule has 4 rings (SSSR count). The molecule has 0 aliphatic heterocycles. The van der Waals surface area contributed by atoms with Crippen molar-refractivity contribution < 1.29 is 44.3 Å². The van der Waals surface area contributed by atoms with Gasteiger partial charge in [-0.1, -0.05) is 84.4 Å². The van der Waals surface area contributed by atoms with Crippen LogP contribution in [0, 0.1) is 0 Å². The van der Waals surface area contributed by atoms with E-state index in [-0.39, 0.29) is 41.0 Å². The second-order valence-electron chi connectivity index (χ2n) is 7.72. The molecule has 0 unspecified atom stereocenters. The van der Waals surface area contributed by atoms with E-state index in [0.29, 0.717) is 23.7 Å². The molecule has 0 heterocycles. The maximum atomic E-state index is 13.3. The van der Waals surface area contributed by atoms with Gasteiger partial charge < -0.3 is 14.8 Å². The number of rotatable bonds is 7. The third-order valence-electron chi connectivity index (χ3n) is 5.35. The number of nitrogens with zero attached hydrogens (tertiary/aromatic N) is 1. The maximum Gasteiger partial charge on any atom is 1.00 e. The van der Waals surface area contributed by atoms with Gasteiger partial charge in [-0.05, 0) is 58.1 Å². The van der Waals surface area contributed by atoms with Crippen LogP contribution in [-0.2, 0) is 13.1 Å². The van der Waals surface area contributed by atoms with Gasteiger partial charge in [0, 0.05) is 23.7 Å². The van der Waals surface area contributed by atoms with Crippen LogP contribution < -0.4 is 34.7 Å². The van der Waals surface area contributed by atoms with E-state index in [0.717, 1.165) is 22.3 Å². The molecule has 0 atom stereocenters. The van der Waals surface area contributed by atoms with Gasteiger partial charge in [0.1, 0.15) is 0 Å². The van der Waals surface area contributed by atoms with E-state index in [1.165, 1.54) is 12.1 Å². The van der Waals surface area contributed by atoms with Gasteiger partial charge in [0.05, 0.1) is 5.97 Å². The molecule has 4 nitrogen and oxygen atoms in total. The largest absolute Gasteiger partial charge is 1.00 e. The van der Waals surface area contributed by atoms with Gasteiger partial charge in [0.25, 0.3) is 5.91 Å². The summed E-state index contributed by atoms with van der Waals surface area (Å²) in [6.45, 7) is 0.883. The average Bonchev–Trinajstić information content (AvgIpc) is 2.84. The number of hydrogen-bond donors (Lipinski definition) is 0. The zero-order valence-corrected chi connectivity index (χ0v) is 21.5. The zero-order chi connectivity index (χ0) is 23.2. The molecule has 4 aromatic rings. The summed E-state index contributed by atoms with van der Waals surface area (Å²) in [6.07, 6.45) is 0. The third-order valence-corrected chi connectivity index (χ3v) is 5.60. The minimum absolute atomic E-state index is 0. The molecule has 0 aliphatic carbocycles. The molecule has 0 bridgehead atoms. The van der Waals surface area contributed by atoms with Crippen LogP contribution in [0.2, 0.25) is 5.02 Å². The Labute approximate surface area is 226 Å². The minimum atomic E-state index is -1.20. The topological polar surface area (TPSA) is 60.4 Å². The van der Waals surface area contributed by atoms with Crippen LogP contribution >= 0.6 is 11.6 Å². The number of halogens is 1. The fraction of sp³-hybridized carbons (Fsp3) is 0.0714. The first-order valence-electron chi connectivity index (χ1n) is 10.5. The van der Waals surface area contributed by atoms with Crippen LogP contribution in [0.4, 0.5) is 0 Å². The van der Waals surface area contributed by atoms with Gasteiger partial charge in [-0.2, -0.15) is 0 Å². The fourth-order valence-electron chi connectivity index (χ4n) is 3.65. The first-order valence-corrected chi connectivity index (χ1v) is 10.9. The summed E-state index contributed by atoms with van der Waals surface area (Å²) in [4.78, 5) is 26.2. The number of amides is 1. The van der Waals surface area contributed by atoms with E-state index in [1.54, 1.807) is 41.3 Å². The number of carbonyl (C=O) groups excluding carboxylic acids is 2. The molecule has 34 heavy (non-hydrogen) atoms. The van der Waals surface area contributed by atoms with Crippen LogP contribution in [0.15, 0.2) is 103 Å². The molecular weight excluding hydrogens is 457 g/mol. The second kappa shape index (κ2) is 12.0. The number of hydrogen-bond acceptors (Lipinski definition) is 3. The van der Waals surface area contributed by atoms with Crippen molar-refractivity contribution in [2.45, 2.75) is 13.1 Å². The molecule has 164 valence electrons. The molecule has 0 saturated carbocycles. The Morgan fingerprint density at radius 1 is 0.676 bits per heavy atom. The van der Waals surface area contributed by atoms with Gasteiger partial charge in [-0.3, -0.25) is 4.79 Å². The zero-order valence-electron chi connectivity index (χ0n) is 18.8. The van der Waals surface area contributed by atoms with Crippen LogP contribution in [0.1, 0.15) is 31.8 Å². The Morgan fingerprint density at radius 2 is 1.26 bits per heavy atom. The summed E-state index contributed by atoms with van der Waals surface area (Å²) >= 11 is 6.00. The standard InChI is InChI=1S/C28H22ClNO3.Na/c29-26-15-13-23(14-16-26)27(31)30(18-20-5-2-1-3-6-20)19-21-7-4-8-25(17-21)22-9-11-24(12-10-22)28(32)33;/h1-17H,18-19H2,(H,32,33);/q;+1/p-1. The predicted molar refractivity (Wildman–Crippen MR) is 128 cm³/mol. The molecule has 6 heteroatoms. The summed E-state index contributed by atoms with van der Waals surface area (Å²) in [6, 6.07) is 31.2. The van der Waals surface area contributed by atoms with Crippen molar-refractivity contribution in [3.8, 4) is 11.1 Å². The summed E-state index contributed by atoms with van der Waals surface area (Å²) in [5.41, 5.74) is 4.54. The number of aromatic carboxylic acids is 1. The SMILES string of the molecule is O=C([O-])c1ccc(-c2cccc(CN(Cc3ccccc3)C(=O)c3ccc(Cl)cc3)c2)cc1.[Na+]. The van der Waals surface area contributed by atoms with Gasteiger partial charge in [-0.15, -0.1) is 0 Å². The van der Waals surface area contributed by atoms with E-state index >= 15 is 0 Å². The summed E-state index contributed by atoms with van der Waals surface area (Å²) < 4.78 is 0. The average molecular weight is 478 g/mol. The summed E-state index contributed by atoms with van der Waals surface area (Å²) in [7, 11) is 0. The van der Waals surface area contributed by atoms with Crippen molar-refractivity contribution in [1.82, 2.24) is 4.90 Å². The predicted octanol–water partition coefficient (Wildman–Crippen LogP) is 2.22. The Kier molecular flexibility index (Phi) is 9.08. The third kappa shape index (κ3) is 6.58. The van der Waals surface area contributed by atoms with E-state index in [4.69, 9.17) is 11.6 Å². The fourth-order valence-corrected chi connectivity index (χ4v) is 3.77. The molecule has 0 N–H and O–H groups in total. The van der Waals surface area contributed by atoms with Crippen molar-refractivity contribution >= 4 is 23.5 Å². The number of benzene rings is 4. The van der Waals surface area contributed by atoms with Crippen LogP contribution in [0.25, 0.3) is 11.1 Å². The van der Waals surface area contributed by atoms with Crippen molar-refractivity contribution in [3.05, 3.63) is 130 Å². The van der Waals surface area contributed by atoms with Gasteiger partial charge in [0.2, 0.25) is 0 Å². The van der Waals surface area contributed by atoms with Crippen molar-refractivity contribution in [3.63, 3.8) is 0 Å². The molecule has 0 saturated heterocycles. The minimum Gasteiger partial charge on any atom is -0.545 e. The quantitative estimate of drug-likeness (QED) is 0.383. The Bertz CT molecular complexity index is 1260. The van der Waals surface area contributed by atoms with Crippen LogP contribution in [-0.4, -0.2) is 16.8 Å². The normalized spacial score (nSPS) is 10.3. The molecule has 0 aromatic heterocycles. The smallest absolute Gasteiger partial charge is 0.545 e. The molecular formula is C28H21ClNNaO3. The van der Waals surface area contributed by atoms with E-state index in [2.05, 4.69) is 0 Å². The molecule has 0 fully saturated rings. The first-order chi connectivity index (χ1) is 16.0. The van der Waals surface area contributed by atoms with E-state index in [1.807, 2.05) is 54.6 Å². The van der Waals surface area contributed by atoms with Crippen molar-refractivity contribution in [1.29, 1.82) is 0 Å². The molecule has 0 radical (unpaired) electrons. The van der Waals surface area contributed by atoms with Crippen molar-refractivity contribution in [2.75, 3.05) is 0 Å². The summed E-state index contributed by atoms with van der Waals surface area (Å²) in [5, 5.41) is 11.6. The molecule has 1 amide bonds. The summed E-state index contributed by atoms with van der Waals surface area (Å²) in [5.74, 6) is -1.29. The molecule has 0 spiro atoms. The molecule has 0 aliphatic rings. The number of carbonyl (C=O) groups is 2. The van der Waals surface area contributed by atoms with Crippen LogP contribution in [0.5, 0.6) is 0 Å². The maximum absolute atomic E-state index is 13.3. The monoisotopic (exact) mass is 477 g/mol. The Balaban J connectivity index is 0.00000324. The Hall–Kier alpha value is -2.89. The number of carboxylic acid groups (broad SMARTS) is 1. The van der Waals surface area contributed by atoms with Gasteiger partial charge >= 0.3 is 29.6 Å². The van der Waals surface area contributed by atoms with Gasteiger partial charge in [-0.25, -0.2) is 0 Å². The first kappa shape index (κ1) is 25.7. The second-order valence-corrected chi connectivity index (χ2v) is 8.16. The van der Waals surface area contributed by atoms with E-state index in [9.17, 15) is 14.7 Å². The van der Waals surface area contributed by atoms with E-state index < -0.39 is 5.97 Å². The molecule has 4 aromatic carbocycles. The Morgan fingerprint density at radius 3 is 1.91 bits per heavy atom. The number of carboxylic acids is 1.